The molecule has 0 amide bonds. The molecule has 4 nitrogen and oxygen atoms in total. The van der Waals surface area contributed by atoms with Crippen molar-refractivity contribution in [3.63, 3.8) is 0 Å². The average Bonchev–Trinajstić information content (AvgIpc) is 2.74. The molecule has 2 N–H and O–H groups in total. The fraction of sp³-hybridized carbons (Fsp3) is 0.727. The molecule has 0 aliphatic heterocycles. The molecule has 1 saturated carbocycles. The Morgan fingerprint density at radius 3 is 2.62 bits per heavy atom. The van der Waals surface area contributed by atoms with Gasteiger partial charge >= 0.3 is 0 Å². The summed E-state index contributed by atoms with van der Waals surface area (Å²) in [6, 6.07) is -0.0868. The Morgan fingerprint density at radius 2 is 2.19 bits per heavy atom. The predicted molar refractivity (Wildman–Crippen MR) is 65.7 cm³/mol. The maximum atomic E-state index is 12.0. The lowest BCUT2D eigenvalue weighted by molar-refractivity contribution is 0.128. The number of rotatable bonds is 2. The summed E-state index contributed by atoms with van der Waals surface area (Å²) in [5.74, 6) is 0.266. The van der Waals surface area contributed by atoms with Crippen LogP contribution < -0.4 is 5.56 Å². The van der Waals surface area contributed by atoms with Gasteiger partial charge in [0, 0.05) is 0 Å². The van der Waals surface area contributed by atoms with E-state index in [1.54, 1.807) is 4.68 Å². The van der Waals surface area contributed by atoms with Crippen molar-refractivity contribution in [1.29, 1.82) is 0 Å². The molecule has 2 unspecified atom stereocenters. The fourth-order valence-electron chi connectivity index (χ4n) is 2.29. The minimum atomic E-state index is -0.400. The van der Waals surface area contributed by atoms with Crippen molar-refractivity contribution in [1.82, 2.24) is 9.78 Å². The van der Waals surface area contributed by atoms with E-state index in [9.17, 15) is 9.90 Å². The zero-order chi connectivity index (χ0) is 11.9. The maximum absolute atomic E-state index is 12.0. The van der Waals surface area contributed by atoms with Crippen LogP contribution in [0, 0.1) is 0 Å². The summed E-state index contributed by atoms with van der Waals surface area (Å²) in [6.07, 6.45) is 2.23. The number of nitrogens with one attached hydrogen (secondary N) is 1. The largest absolute Gasteiger partial charge is 0.391 e. The summed E-state index contributed by atoms with van der Waals surface area (Å²) in [5, 5.41) is 12.9. The molecule has 2 atom stereocenters. The van der Waals surface area contributed by atoms with Crippen LogP contribution in [0.25, 0.3) is 0 Å². The van der Waals surface area contributed by atoms with E-state index >= 15 is 0 Å². The van der Waals surface area contributed by atoms with E-state index in [2.05, 4.69) is 21.0 Å². The predicted octanol–water partition coefficient (Wildman–Crippen LogP) is 2.15. The molecule has 1 aromatic rings. The van der Waals surface area contributed by atoms with Gasteiger partial charge in [-0.1, -0.05) is 13.8 Å². The average molecular weight is 289 g/mol. The lowest BCUT2D eigenvalue weighted by atomic mass is 10.1. The second-order valence-electron chi connectivity index (χ2n) is 4.73. The number of aliphatic hydroxyl groups excluding tert-OH is 1. The summed E-state index contributed by atoms with van der Waals surface area (Å²) >= 11 is 3.32. The first-order valence-corrected chi connectivity index (χ1v) is 6.49. The summed E-state index contributed by atoms with van der Waals surface area (Å²) < 4.78 is 2.18. The van der Waals surface area contributed by atoms with E-state index in [0.717, 1.165) is 25.0 Å². The Labute approximate surface area is 103 Å². The number of nitrogens with zero attached hydrogens (tertiary/aromatic N) is 1. The summed E-state index contributed by atoms with van der Waals surface area (Å²) in [5.41, 5.74) is 0.846. The van der Waals surface area contributed by atoms with Crippen molar-refractivity contribution in [2.75, 3.05) is 0 Å². The Hall–Kier alpha value is -0.550. The Bertz CT molecular complexity index is 436. The minimum Gasteiger partial charge on any atom is -0.391 e. The zero-order valence-electron chi connectivity index (χ0n) is 9.53. The molecular weight excluding hydrogens is 272 g/mol. The molecule has 1 aromatic heterocycles. The lowest BCUT2D eigenvalue weighted by Gasteiger charge is -2.15. The van der Waals surface area contributed by atoms with Crippen LogP contribution in [-0.2, 0) is 0 Å². The van der Waals surface area contributed by atoms with Gasteiger partial charge in [-0.05, 0) is 41.1 Å². The van der Waals surface area contributed by atoms with E-state index < -0.39 is 6.10 Å². The third-order valence-electron chi connectivity index (χ3n) is 3.24. The molecule has 2 rings (SSSR count). The number of aliphatic hydroxyl groups is 1. The standard InChI is InChI=1S/C11H17BrN2O2/c1-6(2)10-9(12)11(16)14(13-10)7-4-3-5-8(7)15/h6-8,13,15H,3-5H2,1-2H3. The van der Waals surface area contributed by atoms with Crippen molar-refractivity contribution >= 4 is 15.9 Å². The quantitative estimate of drug-likeness (QED) is 0.876. The molecule has 0 aromatic carbocycles. The van der Waals surface area contributed by atoms with Crippen molar-refractivity contribution in [3.05, 3.63) is 20.5 Å². The first-order chi connectivity index (χ1) is 7.52. The van der Waals surface area contributed by atoms with Gasteiger partial charge in [-0.25, -0.2) is 4.68 Å². The van der Waals surface area contributed by atoms with Crippen LogP contribution in [0.3, 0.4) is 0 Å². The van der Waals surface area contributed by atoms with Gasteiger partial charge < -0.3 is 5.11 Å². The van der Waals surface area contributed by atoms with E-state index in [1.165, 1.54) is 0 Å². The monoisotopic (exact) mass is 288 g/mol. The smallest absolute Gasteiger partial charge is 0.281 e. The number of aromatic amines is 1. The molecule has 1 fully saturated rings. The van der Waals surface area contributed by atoms with Crippen LogP contribution in [0.1, 0.15) is 50.8 Å². The molecule has 1 heterocycles. The number of hydrogen-bond acceptors (Lipinski definition) is 2. The van der Waals surface area contributed by atoms with Crippen LogP contribution in [0.2, 0.25) is 0 Å². The van der Waals surface area contributed by atoms with Crippen LogP contribution in [0.4, 0.5) is 0 Å². The first-order valence-electron chi connectivity index (χ1n) is 5.70. The van der Waals surface area contributed by atoms with Gasteiger partial charge in [0.2, 0.25) is 0 Å². The lowest BCUT2D eigenvalue weighted by Crippen LogP contribution is -2.27. The molecule has 16 heavy (non-hydrogen) atoms. The van der Waals surface area contributed by atoms with E-state index in [1.807, 2.05) is 13.8 Å². The summed E-state index contributed by atoms with van der Waals surface area (Å²) in [7, 11) is 0. The van der Waals surface area contributed by atoms with E-state index in [-0.39, 0.29) is 17.5 Å². The Morgan fingerprint density at radius 1 is 1.50 bits per heavy atom. The van der Waals surface area contributed by atoms with E-state index in [4.69, 9.17) is 0 Å². The van der Waals surface area contributed by atoms with Crippen molar-refractivity contribution in [2.24, 2.45) is 0 Å². The third kappa shape index (κ3) is 1.86. The van der Waals surface area contributed by atoms with Crippen LogP contribution in [0.5, 0.6) is 0 Å². The van der Waals surface area contributed by atoms with Crippen LogP contribution in [-0.4, -0.2) is 21.0 Å². The number of hydrogen-bond donors (Lipinski definition) is 2. The van der Waals surface area contributed by atoms with Gasteiger partial charge in [-0.15, -0.1) is 0 Å². The second-order valence-corrected chi connectivity index (χ2v) is 5.53. The van der Waals surface area contributed by atoms with Gasteiger partial charge in [0.1, 0.15) is 4.47 Å². The highest BCUT2D eigenvalue weighted by atomic mass is 79.9. The molecule has 90 valence electrons. The van der Waals surface area contributed by atoms with Crippen molar-refractivity contribution in [3.8, 4) is 0 Å². The SMILES string of the molecule is CC(C)c1[nH]n(C2CCCC2O)c(=O)c1Br. The molecule has 1 aliphatic rings. The van der Waals surface area contributed by atoms with Crippen molar-refractivity contribution in [2.45, 2.75) is 51.2 Å². The molecular formula is C11H17BrN2O2. The van der Waals surface area contributed by atoms with E-state index in [0.29, 0.717) is 4.47 Å². The number of H-pyrrole nitrogens is 1. The van der Waals surface area contributed by atoms with Crippen molar-refractivity contribution < 1.29 is 5.11 Å². The highest BCUT2D eigenvalue weighted by Gasteiger charge is 2.30. The Balaban J connectivity index is 2.42. The topological polar surface area (TPSA) is 58.0 Å². The minimum absolute atomic E-state index is 0.0605. The second kappa shape index (κ2) is 4.37. The summed E-state index contributed by atoms with van der Waals surface area (Å²) in [4.78, 5) is 12.0. The zero-order valence-corrected chi connectivity index (χ0v) is 11.1. The Kier molecular flexibility index (Phi) is 3.26. The number of halogens is 1. The van der Waals surface area contributed by atoms with Gasteiger partial charge in [-0.2, -0.15) is 0 Å². The normalized spacial score (nSPS) is 25.6. The summed E-state index contributed by atoms with van der Waals surface area (Å²) in [6.45, 7) is 4.07. The molecule has 0 radical (unpaired) electrons. The maximum Gasteiger partial charge on any atom is 0.281 e. The highest BCUT2D eigenvalue weighted by Crippen LogP contribution is 2.30. The van der Waals surface area contributed by atoms with Crippen LogP contribution in [0.15, 0.2) is 9.27 Å². The first kappa shape index (κ1) is 11.9. The number of aromatic nitrogens is 2. The molecule has 0 saturated heterocycles. The van der Waals surface area contributed by atoms with Gasteiger partial charge in [0.25, 0.3) is 5.56 Å². The molecule has 0 bridgehead atoms. The van der Waals surface area contributed by atoms with Gasteiger partial charge in [-0.3, -0.25) is 9.89 Å². The van der Waals surface area contributed by atoms with Crippen LogP contribution >= 0.6 is 15.9 Å². The molecule has 1 aliphatic carbocycles. The highest BCUT2D eigenvalue weighted by molar-refractivity contribution is 9.10. The fourth-order valence-corrected chi connectivity index (χ4v) is 3.03. The molecule has 5 heteroatoms. The third-order valence-corrected chi connectivity index (χ3v) is 4.00. The molecule has 0 spiro atoms. The van der Waals surface area contributed by atoms with Gasteiger partial charge in [0.15, 0.2) is 0 Å². The van der Waals surface area contributed by atoms with Gasteiger partial charge in [0.05, 0.1) is 17.8 Å².